The second-order valence-electron chi connectivity index (χ2n) is 8.40. The summed E-state index contributed by atoms with van der Waals surface area (Å²) in [6, 6.07) is 8.10. The van der Waals surface area contributed by atoms with Gasteiger partial charge < -0.3 is 15.2 Å². The molecule has 1 unspecified atom stereocenters. The first kappa shape index (κ1) is 22.3. The largest absolute Gasteiger partial charge is 0.378 e. The minimum Gasteiger partial charge on any atom is -0.378 e. The molecule has 5 heteroatoms. The van der Waals surface area contributed by atoms with Crippen molar-refractivity contribution in [1.29, 1.82) is 0 Å². The van der Waals surface area contributed by atoms with Crippen LogP contribution in [-0.2, 0) is 11.3 Å². The maximum absolute atomic E-state index is 12.9. The Hall–Kier alpha value is -3.86. The number of para-hydroxylation sites is 1. The smallest absolute Gasteiger partial charge is 0.248 e. The van der Waals surface area contributed by atoms with Gasteiger partial charge in [0, 0.05) is 53.7 Å². The molecule has 4 rings (SSSR count). The standard InChI is InChI=1S/C28H30N4O/c1-20-10-5-4-6-13-23(20)28(33)30-19-27-25(24-14-7-8-15-26(24)31-27)18-29-21-11-9-12-22(17-16-21)32(2)3/h4-12,14-18,21,31H,13,19H2,1-3H3,(H,30,33). The summed E-state index contributed by atoms with van der Waals surface area (Å²) < 4.78 is 0. The fourth-order valence-corrected chi connectivity index (χ4v) is 3.92. The van der Waals surface area contributed by atoms with Crippen LogP contribution in [0.2, 0.25) is 0 Å². The van der Waals surface area contributed by atoms with Crippen molar-refractivity contribution >= 4 is 23.0 Å². The van der Waals surface area contributed by atoms with E-state index in [9.17, 15) is 4.79 Å². The number of hydrogen-bond donors (Lipinski definition) is 2. The Balaban J connectivity index is 1.56. The first-order chi connectivity index (χ1) is 16.0. The number of benzene rings is 1. The highest BCUT2D eigenvalue weighted by atomic mass is 16.1. The van der Waals surface area contributed by atoms with Crippen molar-refractivity contribution < 1.29 is 4.79 Å². The third-order valence-electron chi connectivity index (χ3n) is 5.85. The van der Waals surface area contributed by atoms with Crippen LogP contribution in [0.25, 0.3) is 10.9 Å². The van der Waals surface area contributed by atoms with Crippen molar-refractivity contribution in [3.8, 4) is 0 Å². The zero-order valence-corrected chi connectivity index (χ0v) is 19.4. The Labute approximate surface area is 195 Å². The molecule has 0 saturated carbocycles. The summed E-state index contributed by atoms with van der Waals surface area (Å²) in [4.78, 5) is 23.2. The zero-order valence-electron chi connectivity index (χ0n) is 19.4. The zero-order chi connectivity index (χ0) is 23.2. The van der Waals surface area contributed by atoms with Crippen LogP contribution in [0.1, 0.15) is 24.6 Å². The average molecular weight is 439 g/mol. The molecule has 1 aromatic carbocycles. The Kier molecular flexibility index (Phi) is 6.89. The van der Waals surface area contributed by atoms with E-state index in [0.29, 0.717) is 13.0 Å². The molecule has 0 aliphatic heterocycles. The summed E-state index contributed by atoms with van der Waals surface area (Å²) >= 11 is 0. The van der Waals surface area contributed by atoms with Gasteiger partial charge in [0.15, 0.2) is 0 Å². The minimum absolute atomic E-state index is 0.0397. The van der Waals surface area contributed by atoms with E-state index in [1.807, 2.05) is 75.8 Å². The van der Waals surface area contributed by atoms with Crippen LogP contribution in [0.4, 0.5) is 0 Å². The van der Waals surface area contributed by atoms with Crippen molar-refractivity contribution in [2.75, 3.05) is 14.1 Å². The van der Waals surface area contributed by atoms with E-state index in [2.05, 4.69) is 45.6 Å². The average Bonchev–Trinajstić information content (AvgIpc) is 2.95. The predicted molar refractivity (Wildman–Crippen MR) is 137 cm³/mol. The number of nitrogens with one attached hydrogen (secondary N) is 2. The topological polar surface area (TPSA) is 60.5 Å². The van der Waals surface area contributed by atoms with Gasteiger partial charge in [0.05, 0.1) is 12.6 Å². The third-order valence-corrected chi connectivity index (χ3v) is 5.85. The molecule has 2 N–H and O–H groups in total. The number of nitrogens with zero attached hydrogens (tertiary/aromatic N) is 2. The Morgan fingerprint density at radius 2 is 2.03 bits per heavy atom. The van der Waals surface area contributed by atoms with Crippen LogP contribution < -0.4 is 5.32 Å². The number of hydrogen-bond acceptors (Lipinski definition) is 3. The molecule has 0 spiro atoms. The van der Waals surface area contributed by atoms with Gasteiger partial charge >= 0.3 is 0 Å². The van der Waals surface area contributed by atoms with Crippen molar-refractivity contribution in [2.24, 2.45) is 4.99 Å². The molecule has 0 bridgehead atoms. The van der Waals surface area contributed by atoms with E-state index in [-0.39, 0.29) is 11.9 Å². The van der Waals surface area contributed by atoms with E-state index >= 15 is 0 Å². The van der Waals surface area contributed by atoms with Crippen LogP contribution in [0.15, 0.2) is 101 Å². The maximum Gasteiger partial charge on any atom is 0.248 e. The molecule has 1 amide bonds. The molecular formula is C28H30N4O. The van der Waals surface area contributed by atoms with Gasteiger partial charge in [-0.05, 0) is 37.1 Å². The number of rotatable bonds is 6. The summed E-state index contributed by atoms with van der Waals surface area (Å²) in [5.41, 5.74) is 5.90. The maximum atomic E-state index is 12.9. The SMILES string of the molecule is CC1=C(C(=O)NCc2[nH]c3ccccc3c2C=NC2C=CC=C(N(C)C)C=C2)CC=CC=C1. The highest BCUT2D eigenvalue weighted by Crippen LogP contribution is 2.22. The first-order valence-electron chi connectivity index (χ1n) is 11.2. The van der Waals surface area contributed by atoms with E-state index in [0.717, 1.165) is 39.0 Å². The summed E-state index contributed by atoms with van der Waals surface area (Å²) in [5, 5.41) is 4.19. The highest BCUT2D eigenvalue weighted by Gasteiger charge is 2.15. The quantitative estimate of drug-likeness (QED) is 0.625. The van der Waals surface area contributed by atoms with Gasteiger partial charge in [-0.1, -0.05) is 60.7 Å². The second-order valence-corrected chi connectivity index (χ2v) is 8.40. The number of H-pyrrole nitrogens is 1. The molecule has 2 aliphatic rings. The Morgan fingerprint density at radius 3 is 2.88 bits per heavy atom. The molecule has 1 heterocycles. The van der Waals surface area contributed by atoms with E-state index < -0.39 is 0 Å². The van der Waals surface area contributed by atoms with Crippen molar-refractivity contribution in [2.45, 2.75) is 25.9 Å². The second kappa shape index (κ2) is 10.2. The number of carbonyl (C=O) groups excluding carboxylic acids is 1. The molecule has 2 aliphatic carbocycles. The molecule has 0 radical (unpaired) electrons. The minimum atomic E-state index is -0.0489. The normalized spacial score (nSPS) is 18.0. The summed E-state index contributed by atoms with van der Waals surface area (Å²) in [7, 11) is 4.05. The van der Waals surface area contributed by atoms with Gasteiger partial charge in [0.25, 0.3) is 0 Å². The number of likely N-dealkylation sites (N-methyl/N-ethyl adjacent to an activating group) is 1. The molecule has 1 atom stereocenters. The summed E-state index contributed by atoms with van der Waals surface area (Å²) in [6.45, 7) is 2.38. The molecule has 2 aromatic rings. The van der Waals surface area contributed by atoms with Crippen LogP contribution in [0.3, 0.4) is 0 Å². The number of aromatic amines is 1. The van der Waals surface area contributed by atoms with Gasteiger partial charge in [0.2, 0.25) is 5.91 Å². The molecule has 0 fully saturated rings. The fourth-order valence-electron chi connectivity index (χ4n) is 3.92. The van der Waals surface area contributed by atoms with Crippen LogP contribution >= 0.6 is 0 Å². The lowest BCUT2D eigenvalue weighted by Crippen LogP contribution is -2.25. The molecule has 33 heavy (non-hydrogen) atoms. The lowest BCUT2D eigenvalue weighted by Gasteiger charge is -2.12. The van der Waals surface area contributed by atoms with Crippen molar-refractivity contribution in [1.82, 2.24) is 15.2 Å². The monoisotopic (exact) mass is 438 g/mol. The fraction of sp³-hybridized carbons (Fsp3) is 0.214. The molecule has 168 valence electrons. The van der Waals surface area contributed by atoms with Gasteiger partial charge in [0.1, 0.15) is 0 Å². The number of aliphatic imine (C=N–C) groups is 1. The molecular weight excluding hydrogens is 408 g/mol. The summed E-state index contributed by atoms with van der Waals surface area (Å²) in [6.07, 6.45) is 20.8. The van der Waals surface area contributed by atoms with Gasteiger partial charge in [-0.2, -0.15) is 0 Å². The number of fused-ring (bicyclic) bond motifs is 1. The van der Waals surface area contributed by atoms with Gasteiger partial charge in [-0.15, -0.1) is 0 Å². The number of allylic oxidation sites excluding steroid dienone is 8. The van der Waals surface area contributed by atoms with Crippen molar-refractivity contribution in [3.05, 3.63) is 107 Å². The van der Waals surface area contributed by atoms with E-state index in [1.165, 1.54) is 0 Å². The number of aromatic nitrogens is 1. The Bertz CT molecular complexity index is 1250. The Morgan fingerprint density at radius 1 is 1.18 bits per heavy atom. The molecule has 0 saturated heterocycles. The van der Waals surface area contributed by atoms with Crippen molar-refractivity contribution in [3.63, 3.8) is 0 Å². The number of amides is 1. The summed E-state index contributed by atoms with van der Waals surface area (Å²) in [5.74, 6) is -0.0397. The van der Waals surface area contributed by atoms with Gasteiger partial charge in [-0.25, -0.2) is 0 Å². The first-order valence-corrected chi connectivity index (χ1v) is 11.2. The molecule has 5 nitrogen and oxygen atoms in total. The van der Waals surface area contributed by atoms with Crippen LogP contribution in [-0.4, -0.2) is 42.1 Å². The van der Waals surface area contributed by atoms with E-state index in [1.54, 1.807) is 0 Å². The van der Waals surface area contributed by atoms with Crippen LogP contribution in [0.5, 0.6) is 0 Å². The lowest BCUT2D eigenvalue weighted by atomic mass is 10.1. The van der Waals surface area contributed by atoms with Gasteiger partial charge in [-0.3, -0.25) is 9.79 Å². The third kappa shape index (κ3) is 5.32. The lowest BCUT2D eigenvalue weighted by molar-refractivity contribution is -0.117. The molecule has 1 aromatic heterocycles. The number of carbonyl (C=O) groups is 1. The van der Waals surface area contributed by atoms with E-state index in [4.69, 9.17) is 4.99 Å². The highest BCUT2D eigenvalue weighted by molar-refractivity contribution is 6.01. The predicted octanol–water partition coefficient (Wildman–Crippen LogP) is 4.98. The van der Waals surface area contributed by atoms with Crippen LogP contribution in [0, 0.1) is 0 Å².